The van der Waals surface area contributed by atoms with Crippen molar-refractivity contribution in [3.8, 4) is 0 Å². The molecule has 0 aliphatic carbocycles. The number of hydrogen-bond donors (Lipinski definition) is 2. The molecule has 0 heterocycles. The number of benzene rings is 1. The van der Waals surface area contributed by atoms with Gasteiger partial charge >= 0.3 is 5.97 Å². The number of amides is 1. The molecule has 1 atom stereocenters. The molecule has 0 unspecified atom stereocenters. The molecule has 102 valence electrons. The van der Waals surface area contributed by atoms with E-state index in [1.165, 1.54) is 30.3 Å². The van der Waals surface area contributed by atoms with Crippen LogP contribution in [0.5, 0.6) is 0 Å². The lowest BCUT2D eigenvalue weighted by Crippen LogP contribution is -2.28. The summed E-state index contributed by atoms with van der Waals surface area (Å²) in [5.74, 6) is -1.81. The molecule has 2 N–H and O–H groups in total. The van der Waals surface area contributed by atoms with Gasteiger partial charge in [-0.05, 0) is 31.5 Å². The van der Waals surface area contributed by atoms with Gasteiger partial charge in [-0.25, -0.2) is 4.39 Å². The molecule has 1 aromatic rings. The Kier molecular flexibility index (Phi) is 5.23. The fraction of sp³-hybridized carbons (Fsp3) is 0.286. The number of aliphatic carboxylic acids is 1. The van der Waals surface area contributed by atoms with E-state index in [2.05, 4.69) is 5.32 Å². The highest BCUT2D eigenvalue weighted by molar-refractivity contribution is 5.88. The van der Waals surface area contributed by atoms with Crippen LogP contribution in [0.4, 0.5) is 4.39 Å². The molecule has 0 spiro atoms. The largest absolute Gasteiger partial charge is 0.481 e. The van der Waals surface area contributed by atoms with Crippen LogP contribution in [-0.2, 0) is 9.59 Å². The third kappa shape index (κ3) is 5.33. The Balaban J connectivity index is 2.89. The van der Waals surface area contributed by atoms with Gasteiger partial charge < -0.3 is 10.4 Å². The molecule has 0 aromatic heterocycles. The minimum Gasteiger partial charge on any atom is -0.481 e. The quantitative estimate of drug-likeness (QED) is 0.803. The fourth-order valence-electron chi connectivity index (χ4n) is 1.60. The Morgan fingerprint density at radius 1 is 1.32 bits per heavy atom. The molecular weight excluding hydrogens is 249 g/mol. The summed E-state index contributed by atoms with van der Waals surface area (Å²) in [5.41, 5.74) is 1.37. The monoisotopic (exact) mass is 265 g/mol. The van der Waals surface area contributed by atoms with Crippen LogP contribution >= 0.6 is 0 Å². The molecule has 19 heavy (non-hydrogen) atoms. The number of allylic oxidation sites excluding steroid dienone is 1. The van der Waals surface area contributed by atoms with Gasteiger partial charge in [-0.15, -0.1) is 0 Å². The summed E-state index contributed by atoms with van der Waals surface area (Å²) in [4.78, 5) is 22.4. The Bertz CT molecular complexity index is 490. The van der Waals surface area contributed by atoms with Gasteiger partial charge in [-0.2, -0.15) is 0 Å². The summed E-state index contributed by atoms with van der Waals surface area (Å²) in [6.45, 7) is 3.54. The van der Waals surface area contributed by atoms with Crippen LogP contribution in [0, 0.1) is 5.82 Å². The third-order valence-electron chi connectivity index (χ3n) is 2.39. The van der Waals surface area contributed by atoms with E-state index in [1.807, 2.05) is 0 Å². The second-order valence-corrected chi connectivity index (χ2v) is 4.43. The van der Waals surface area contributed by atoms with Crippen molar-refractivity contribution in [2.75, 3.05) is 0 Å². The molecule has 0 aliphatic rings. The summed E-state index contributed by atoms with van der Waals surface area (Å²) >= 11 is 0. The highest BCUT2D eigenvalue weighted by Gasteiger charge is 2.17. The minimum absolute atomic E-state index is 0.256. The topological polar surface area (TPSA) is 66.4 Å². The van der Waals surface area contributed by atoms with Crippen LogP contribution < -0.4 is 5.32 Å². The Labute approximate surface area is 110 Å². The van der Waals surface area contributed by atoms with E-state index >= 15 is 0 Å². The summed E-state index contributed by atoms with van der Waals surface area (Å²) in [6, 6.07) is 4.72. The van der Waals surface area contributed by atoms with E-state index in [9.17, 15) is 14.0 Å². The van der Waals surface area contributed by atoms with Gasteiger partial charge in [0.05, 0.1) is 12.5 Å². The van der Waals surface area contributed by atoms with Crippen LogP contribution in [-0.4, -0.2) is 17.0 Å². The number of carbonyl (C=O) groups is 2. The van der Waals surface area contributed by atoms with Crippen LogP contribution in [0.15, 0.2) is 35.9 Å². The van der Waals surface area contributed by atoms with Crippen molar-refractivity contribution < 1.29 is 19.1 Å². The van der Waals surface area contributed by atoms with E-state index in [0.717, 1.165) is 5.57 Å². The van der Waals surface area contributed by atoms with E-state index in [4.69, 9.17) is 5.11 Å². The van der Waals surface area contributed by atoms with Gasteiger partial charge in [0.2, 0.25) is 5.91 Å². The maximum absolute atomic E-state index is 12.8. The first-order chi connectivity index (χ1) is 8.88. The normalized spacial score (nSPS) is 11.5. The van der Waals surface area contributed by atoms with Crippen molar-refractivity contribution >= 4 is 11.9 Å². The van der Waals surface area contributed by atoms with Crippen LogP contribution in [0.3, 0.4) is 0 Å². The van der Waals surface area contributed by atoms with Crippen molar-refractivity contribution in [1.82, 2.24) is 5.32 Å². The lowest BCUT2D eigenvalue weighted by atomic mass is 10.0. The van der Waals surface area contributed by atoms with Crippen LogP contribution in [0.1, 0.15) is 31.9 Å². The number of hydrogen-bond acceptors (Lipinski definition) is 2. The van der Waals surface area contributed by atoms with Crippen LogP contribution in [0.25, 0.3) is 0 Å². The van der Waals surface area contributed by atoms with Gasteiger partial charge in [-0.1, -0.05) is 17.7 Å². The molecule has 0 saturated carbocycles. The van der Waals surface area contributed by atoms with Gasteiger partial charge in [0.1, 0.15) is 5.82 Å². The van der Waals surface area contributed by atoms with E-state index < -0.39 is 17.8 Å². The van der Waals surface area contributed by atoms with Crippen molar-refractivity contribution in [2.24, 2.45) is 0 Å². The molecule has 4 nitrogen and oxygen atoms in total. The van der Waals surface area contributed by atoms with Crippen molar-refractivity contribution in [1.29, 1.82) is 0 Å². The molecule has 1 aromatic carbocycles. The lowest BCUT2D eigenvalue weighted by molar-refractivity contribution is -0.137. The average Bonchev–Trinajstić information content (AvgIpc) is 2.27. The molecule has 5 heteroatoms. The maximum Gasteiger partial charge on any atom is 0.305 e. The van der Waals surface area contributed by atoms with Crippen molar-refractivity contribution in [3.63, 3.8) is 0 Å². The van der Waals surface area contributed by atoms with Crippen molar-refractivity contribution in [2.45, 2.75) is 26.3 Å². The molecular formula is C14H16FNO3. The SMILES string of the molecule is CC(C)=CC(=O)N[C@H](CC(=O)O)c1ccc(F)cc1. The Hall–Kier alpha value is -2.17. The van der Waals surface area contributed by atoms with Gasteiger partial charge in [-0.3, -0.25) is 9.59 Å². The number of rotatable bonds is 5. The van der Waals surface area contributed by atoms with E-state index in [-0.39, 0.29) is 12.3 Å². The first-order valence-corrected chi connectivity index (χ1v) is 5.81. The molecule has 0 aliphatic heterocycles. The molecule has 0 saturated heterocycles. The summed E-state index contributed by atoms with van der Waals surface area (Å²) in [6.07, 6.45) is 1.13. The molecule has 1 rings (SSSR count). The minimum atomic E-state index is -1.04. The number of nitrogens with one attached hydrogen (secondary N) is 1. The first-order valence-electron chi connectivity index (χ1n) is 5.81. The number of carboxylic acid groups (broad SMARTS) is 1. The number of halogens is 1. The van der Waals surface area contributed by atoms with Crippen molar-refractivity contribution in [3.05, 3.63) is 47.3 Å². The van der Waals surface area contributed by atoms with E-state index in [0.29, 0.717) is 5.56 Å². The zero-order valence-electron chi connectivity index (χ0n) is 10.8. The summed E-state index contributed by atoms with van der Waals surface area (Å²) in [5, 5.41) is 11.5. The average molecular weight is 265 g/mol. The zero-order chi connectivity index (χ0) is 14.4. The predicted octanol–water partition coefficient (Wildman–Crippen LogP) is 2.42. The molecule has 0 bridgehead atoms. The van der Waals surface area contributed by atoms with Gasteiger partial charge in [0.25, 0.3) is 0 Å². The molecule has 0 radical (unpaired) electrons. The predicted molar refractivity (Wildman–Crippen MR) is 69.0 cm³/mol. The van der Waals surface area contributed by atoms with E-state index in [1.54, 1.807) is 13.8 Å². The van der Waals surface area contributed by atoms with Gasteiger partial charge in [0, 0.05) is 6.08 Å². The second-order valence-electron chi connectivity index (χ2n) is 4.43. The maximum atomic E-state index is 12.8. The number of carboxylic acids is 1. The highest BCUT2D eigenvalue weighted by atomic mass is 19.1. The summed E-state index contributed by atoms with van der Waals surface area (Å²) in [7, 11) is 0. The summed E-state index contributed by atoms with van der Waals surface area (Å²) < 4.78 is 12.8. The Morgan fingerprint density at radius 3 is 2.37 bits per heavy atom. The third-order valence-corrected chi connectivity index (χ3v) is 2.39. The smallest absolute Gasteiger partial charge is 0.305 e. The number of carbonyl (C=O) groups excluding carboxylic acids is 1. The standard InChI is InChI=1S/C14H16FNO3/c1-9(2)7-13(17)16-12(8-14(18)19)10-3-5-11(15)6-4-10/h3-7,12H,8H2,1-2H3,(H,16,17)(H,18,19)/t12-/m1/s1. The highest BCUT2D eigenvalue weighted by Crippen LogP contribution is 2.17. The Morgan fingerprint density at radius 2 is 1.89 bits per heavy atom. The van der Waals surface area contributed by atoms with Crippen LogP contribution in [0.2, 0.25) is 0 Å². The molecule has 1 amide bonds. The lowest BCUT2D eigenvalue weighted by Gasteiger charge is -2.16. The zero-order valence-corrected chi connectivity index (χ0v) is 10.8. The second kappa shape index (κ2) is 6.68. The fourth-order valence-corrected chi connectivity index (χ4v) is 1.60. The first kappa shape index (κ1) is 14.9. The molecule has 0 fully saturated rings. The van der Waals surface area contributed by atoms with Gasteiger partial charge in [0.15, 0.2) is 0 Å².